The first-order chi connectivity index (χ1) is 12.0. The number of carbonyl (C=O) groups is 2. The van der Waals surface area contributed by atoms with Crippen molar-refractivity contribution in [3.05, 3.63) is 53.6 Å². The summed E-state index contributed by atoms with van der Waals surface area (Å²) in [6, 6.07) is 12.8. The molecule has 1 unspecified atom stereocenters. The van der Waals surface area contributed by atoms with Crippen molar-refractivity contribution in [1.29, 1.82) is 0 Å². The zero-order valence-corrected chi connectivity index (χ0v) is 14.7. The third-order valence-corrected chi connectivity index (χ3v) is 4.26. The first-order valence-corrected chi connectivity index (χ1v) is 8.50. The van der Waals surface area contributed by atoms with E-state index in [1.807, 2.05) is 32.0 Å². The molecule has 0 fully saturated rings. The Bertz CT molecular complexity index is 816. The average molecular weight is 338 g/mol. The number of aryl methyl sites for hydroxylation is 1. The number of hydrogen-bond donors (Lipinski definition) is 1. The van der Waals surface area contributed by atoms with Crippen LogP contribution in [0.25, 0.3) is 0 Å². The number of fused-ring (bicyclic) bond motifs is 1. The van der Waals surface area contributed by atoms with Gasteiger partial charge in [0.05, 0.1) is 5.69 Å². The van der Waals surface area contributed by atoms with Crippen LogP contribution in [0.2, 0.25) is 0 Å². The van der Waals surface area contributed by atoms with Crippen LogP contribution in [0.1, 0.15) is 36.2 Å². The van der Waals surface area contributed by atoms with Gasteiger partial charge < -0.3 is 15.0 Å². The molecular formula is C20H22N2O3. The molecule has 2 amide bonds. The number of nitrogens with one attached hydrogen (secondary N) is 1. The summed E-state index contributed by atoms with van der Waals surface area (Å²) >= 11 is 0. The zero-order chi connectivity index (χ0) is 18.0. The lowest BCUT2D eigenvalue weighted by Gasteiger charge is -2.33. The minimum absolute atomic E-state index is 0.0586. The molecule has 1 aliphatic heterocycles. The molecule has 3 rings (SSSR count). The van der Waals surface area contributed by atoms with Gasteiger partial charge in [-0.25, -0.2) is 0 Å². The fraction of sp³-hybridized carbons (Fsp3) is 0.300. The van der Waals surface area contributed by atoms with Crippen LogP contribution in [0.15, 0.2) is 42.5 Å². The molecule has 0 aromatic heterocycles. The monoisotopic (exact) mass is 338 g/mol. The Balaban J connectivity index is 1.89. The zero-order valence-electron chi connectivity index (χ0n) is 14.7. The number of rotatable bonds is 4. The number of anilines is 2. The van der Waals surface area contributed by atoms with Gasteiger partial charge in [0.1, 0.15) is 5.75 Å². The Morgan fingerprint density at radius 2 is 2.00 bits per heavy atom. The highest BCUT2D eigenvalue weighted by atomic mass is 16.5. The summed E-state index contributed by atoms with van der Waals surface area (Å²) in [5.41, 5.74) is 2.89. The fourth-order valence-electron chi connectivity index (χ4n) is 2.97. The normalized spacial score (nSPS) is 16.2. The molecule has 0 spiro atoms. The van der Waals surface area contributed by atoms with Gasteiger partial charge in [0.25, 0.3) is 11.8 Å². The second-order valence-electron chi connectivity index (χ2n) is 6.20. The van der Waals surface area contributed by atoms with Gasteiger partial charge in [-0.05, 0) is 50.1 Å². The molecule has 2 aromatic carbocycles. The summed E-state index contributed by atoms with van der Waals surface area (Å²) in [7, 11) is 0. The van der Waals surface area contributed by atoms with Gasteiger partial charge in [-0.1, -0.05) is 25.1 Å². The highest BCUT2D eigenvalue weighted by molar-refractivity contribution is 6.06. The molecule has 2 aromatic rings. The molecule has 5 nitrogen and oxygen atoms in total. The fourth-order valence-corrected chi connectivity index (χ4v) is 2.97. The standard InChI is InChI=1S/C20H22N2O3/c1-4-11-22-17-12-15(9-10-18(17)25-14(3)20(22)24)21-19(23)16-8-6-5-7-13(16)2/h5-10,12,14H,4,11H2,1-3H3,(H,21,23). The third kappa shape index (κ3) is 3.36. The van der Waals surface area contributed by atoms with Gasteiger partial charge in [0, 0.05) is 17.8 Å². The van der Waals surface area contributed by atoms with Crippen LogP contribution in [-0.4, -0.2) is 24.5 Å². The van der Waals surface area contributed by atoms with E-state index in [1.54, 1.807) is 36.1 Å². The molecule has 0 saturated heterocycles. The van der Waals surface area contributed by atoms with Crippen molar-refractivity contribution in [3.8, 4) is 5.75 Å². The van der Waals surface area contributed by atoms with Crippen LogP contribution in [0.4, 0.5) is 11.4 Å². The number of ether oxygens (including phenoxy) is 1. The lowest BCUT2D eigenvalue weighted by molar-refractivity contribution is -0.125. The smallest absolute Gasteiger partial charge is 0.267 e. The van der Waals surface area contributed by atoms with E-state index in [1.165, 1.54) is 0 Å². The van der Waals surface area contributed by atoms with Gasteiger partial charge >= 0.3 is 0 Å². The van der Waals surface area contributed by atoms with Gasteiger partial charge in [-0.15, -0.1) is 0 Å². The third-order valence-electron chi connectivity index (χ3n) is 4.26. The number of benzene rings is 2. The molecule has 130 valence electrons. The van der Waals surface area contributed by atoms with Crippen LogP contribution < -0.4 is 15.0 Å². The van der Waals surface area contributed by atoms with E-state index >= 15 is 0 Å². The summed E-state index contributed by atoms with van der Waals surface area (Å²) in [6.07, 6.45) is 0.351. The van der Waals surface area contributed by atoms with Crippen LogP contribution >= 0.6 is 0 Å². The van der Waals surface area contributed by atoms with E-state index in [0.717, 1.165) is 12.0 Å². The SMILES string of the molecule is CCCN1C(=O)C(C)Oc2ccc(NC(=O)c3ccccc3C)cc21. The molecule has 1 N–H and O–H groups in total. The van der Waals surface area contributed by atoms with Gasteiger partial charge in [0.15, 0.2) is 6.10 Å². The van der Waals surface area contributed by atoms with Gasteiger partial charge in [-0.3, -0.25) is 9.59 Å². The molecule has 5 heteroatoms. The summed E-state index contributed by atoms with van der Waals surface area (Å²) in [6.45, 7) is 6.30. The quantitative estimate of drug-likeness (QED) is 0.923. The molecular weight excluding hydrogens is 316 g/mol. The summed E-state index contributed by atoms with van der Waals surface area (Å²) in [5.74, 6) is 0.433. The van der Waals surface area contributed by atoms with Crippen LogP contribution in [-0.2, 0) is 4.79 Å². The van der Waals surface area contributed by atoms with Crippen LogP contribution in [0, 0.1) is 6.92 Å². The minimum atomic E-state index is -0.494. The van der Waals surface area contributed by atoms with E-state index in [-0.39, 0.29) is 11.8 Å². The van der Waals surface area contributed by atoms with E-state index in [0.29, 0.717) is 29.2 Å². The van der Waals surface area contributed by atoms with Crippen molar-refractivity contribution in [2.45, 2.75) is 33.3 Å². The Hall–Kier alpha value is -2.82. The maximum absolute atomic E-state index is 12.5. The van der Waals surface area contributed by atoms with Crippen molar-refractivity contribution in [3.63, 3.8) is 0 Å². The van der Waals surface area contributed by atoms with E-state index in [2.05, 4.69) is 5.32 Å². The molecule has 1 aliphatic rings. The van der Waals surface area contributed by atoms with Crippen molar-refractivity contribution in [1.82, 2.24) is 0 Å². The Morgan fingerprint density at radius 1 is 1.24 bits per heavy atom. The Morgan fingerprint density at radius 3 is 2.72 bits per heavy atom. The second-order valence-corrected chi connectivity index (χ2v) is 6.20. The van der Waals surface area contributed by atoms with Crippen molar-refractivity contribution >= 4 is 23.2 Å². The number of nitrogens with zero attached hydrogens (tertiary/aromatic N) is 1. The molecule has 1 heterocycles. The first-order valence-electron chi connectivity index (χ1n) is 8.50. The van der Waals surface area contributed by atoms with E-state index in [4.69, 9.17) is 4.74 Å². The lowest BCUT2D eigenvalue weighted by atomic mass is 10.1. The maximum Gasteiger partial charge on any atom is 0.267 e. The van der Waals surface area contributed by atoms with Crippen LogP contribution in [0.3, 0.4) is 0 Å². The lowest BCUT2D eigenvalue weighted by Crippen LogP contribution is -2.44. The number of carbonyl (C=O) groups excluding carboxylic acids is 2. The summed E-state index contributed by atoms with van der Waals surface area (Å²) < 4.78 is 5.68. The van der Waals surface area contributed by atoms with Crippen LogP contribution in [0.5, 0.6) is 5.75 Å². The highest BCUT2D eigenvalue weighted by Gasteiger charge is 2.31. The first kappa shape index (κ1) is 17.0. The second kappa shape index (κ2) is 6.97. The van der Waals surface area contributed by atoms with E-state index in [9.17, 15) is 9.59 Å². The van der Waals surface area contributed by atoms with Crippen molar-refractivity contribution in [2.24, 2.45) is 0 Å². The topological polar surface area (TPSA) is 58.6 Å². The predicted molar refractivity (Wildman–Crippen MR) is 98.3 cm³/mol. The number of hydrogen-bond acceptors (Lipinski definition) is 3. The number of amides is 2. The predicted octanol–water partition coefficient (Wildman–Crippen LogP) is 3.77. The van der Waals surface area contributed by atoms with Crippen molar-refractivity contribution < 1.29 is 14.3 Å². The molecule has 1 atom stereocenters. The van der Waals surface area contributed by atoms with Crippen molar-refractivity contribution in [2.75, 3.05) is 16.8 Å². The summed E-state index contributed by atoms with van der Waals surface area (Å²) in [5, 5.41) is 2.91. The molecule has 0 saturated carbocycles. The largest absolute Gasteiger partial charge is 0.479 e. The Kier molecular flexibility index (Phi) is 4.74. The van der Waals surface area contributed by atoms with Gasteiger partial charge in [-0.2, -0.15) is 0 Å². The van der Waals surface area contributed by atoms with E-state index < -0.39 is 6.10 Å². The highest BCUT2D eigenvalue weighted by Crippen LogP contribution is 2.36. The Labute approximate surface area is 147 Å². The minimum Gasteiger partial charge on any atom is -0.479 e. The molecule has 0 bridgehead atoms. The summed E-state index contributed by atoms with van der Waals surface area (Å²) in [4.78, 5) is 26.6. The average Bonchev–Trinajstić information content (AvgIpc) is 2.60. The molecule has 25 heavy (non-hydrogen) atoms. The molecule has 0 radical (unpaired) electrons. The molecule has 0 aliphatic carbocycles. The maximum atomic E-state index is 12.5. The van der Waals surface area contributed by atoms with Gasteiger partial charge in [0.2, 0.25) is 0 Å².